The second-order valence-electron chi connectivity index (χ2n) is 6.29. The summed E-state index contributed by atoms with van der Waals surface area (Å²) in [6.45, 7) is 2.41. The van der Waals surface area contributed by atoms with E-state index in [2.05, 4.69) is 18.7 Å². The highest BCUT2D eigenvalue weighted by Gasteiger charge is 2.23. The standard InChI is InChI=1S/C15H29NS/c1-12-6-5-9-14(10-12)17-11-15(16)13-7-3-2-4-8-13/h12-15H,2-11,16H2,1H3. The normalized spacial score (nSPS) is 33.5. The van der Waals surface area contributed by atoms with Crippen molar-refractivity contribution in [3.05, 3.63) is 0 Å². The quantitative estimate of drug-likeness (QED) is 0.814. The highest BCUT2D eigenvalue weighted by molar-refractivity contribution is 7.99. The molecule has 2 saturated carbocycles. The fourth-order valence-corrected chi connectivity index (χ4v) is 5.04. The predicted octanol–water partition coefficient (Wildman–Crippen LogP) is 4.21. The molecule has 0 radical (unpaired) electrons. The van der Waals surface area contributed by atoms with E-state index >= 15 is 0 Å². The van der Waals surface area contributed by atoms with Crippen molar-refractivity contribution in [2.75, 3.05) is 5.75 Å². The molecule has 1 nitrogen and oxygen atoms in total. The summed E-state index contributed by atoms with van der Waals surface area (Å²) < 4.78 is 0. The second kappa shape index (κ2) is 7.04. The summed E-state index contributed by atoms with van der Waals surface area (Å²) in [5.74, 6) is 2.99. The molecular formula is C15H29NS. The molecule has 0 bridgehead atoms. The maximum absolute atomic E-state index is 6.38. The molecule has 0 aromatic carbocycles. The third kappa shape index (κ3) is 4.48. The molecule has 2 fully saturated rings. The van der Waals surface area contributed by atoms with Gasteiger partial charge >= 0.3 is 0 Å². The molecule has 17 heavy (non-hydrogen) atoms. The van der Waals surface area contributed by atoms with Crippen molar-refractivity contribution in [2.45, 2.75) is 76.0 Å². The van der Waals surface area contributed by atoms with Gasteiger partial charge in [0.2, 0.25) is 0 Å². The molecule has 2 heteroatoms. The van der Waals surface area contributed by atoms with Crippen LogP contribution in [0.15, 0.2) is 0 Å². The van der Waals surface area contributed by atoms with Crippen LogP contribution in [0.2, 0.25) is 0 Å². The van der Waals surface area contributed by atoms with Crippen LogP contribution >= 0.6 is 11.8 Å². The van der Waals surface area contributed by atoms with Crippen LogP contribution in [0.3, 0.4) is 0 Å². The van der Waals surface area contributed by atoms with E-state index in [4.69, 9.17) is 5.73 Å². The van der Waals surface area contributed by atoms with E-state index < -0.39 is 0 Å². The Bertz CT molecular complexity index is 213. The summed E-state index contributed by atoms with van der Waals surface area (Å²) in [6, 6.07) is 0.470. The summed E-state index contributed by atoms with van der Waals surface area (Å²) in [4.78, 5) is 0. The first kappa shape index (κ1) is 13.7. The number of hydrogen-bond acceptors (Lipinski definition) is 2. The summed E-state index contributed by atoms with van der Waals surface area (Å²) in [7, 11) is 0. The third-order valence-corrected chi connectivity index (χ3v) is 6.14. The lowest BCUT2D eigenvalue weighted by atomic mass is 9.85. The second-order valence-corrected chi connectivity index (χ2v) is 7.62. The Balaban J connectivity index is 1.66. The van der Waals surface area contributed by atoms with Gasteiger partial charge in [0.15, 0.2) is 0 Å². The van der Waals surface area contributed by atoms with Gasteiger partial charge in [-0.05, 0) is 37.5 Å². The number of nitrogens with two attached hydrogens (primary N) is 1. The van der Waals surface area contributed by atoms with Crippen LogP contribution in [0.4, 0.5) is 0 Å². The van der Waals surface area contributed by atoms with Crippen molar-refractivity contribution in [3.8, 4) is 0 Å². The smallest absolute Gasteiger partial charge is 0.0159 e. The van der Waals surface area contributed by atoms with Gasteiger partial charge in [-0.1, -0.05) is 39.0 Å². The SMILES string of the molecule is CC1CCCC(SCC(N)C2CCCCC2)C1. The average molecular weight is 255 g/mol. The van der Waals surface area contributed by atoms with Crippen molar-refractivity contribution < 1.29 is 0 Å². The number of hydrogen-bond donors (Lipinski definition) is 1. The van der Waals surface area contributed by atoms with Crippen LogP contribution in [-0.4, -0.2) is 17.0 Å². The zero-order chi connectivity index (χ0) is 12.1. The highest BCUT2D eigenvalue weighted by atomic mass is 32.2. The fraction of sp³-hybridized carbons (Fsp3) is 1.00. The molecule has 2 rings (SSSR count). The van der Waals surface area contributed by atoms with Crippen LogP contribution < -0.4 is 5.73 Å². The lowest BCUT2D eigenvalue weighted by Crippen LogP contribution is -2.34. The Kier molecular flexibility index (Phi) is 5.68. The molecule has 0 aliphatic heterocycles. The Morgan fingerprint density at radius 1 is 1.06 bits per heavy atom. The van der Waals surface area contributed by atoms with Gasteiger partial charge in [0.05, 0.1) is 0 Å². The third-order valence-electron chi connectivity index (χ3n) is 4.67. The van der Waals surface area contributed by atoms with E-state index in [0.29, 0.717) is 6.04 Å². The van der Waals surface area contributed by atoms with Crippen molar-refractivity contribution in [3.63, 3.8) is 0 Å². The maximum atomic E-state index is 6.38. The van der Waals surface area contributed by atoms with E-state index in [1.165, 1.54) is 63.5 Å². The van der Waals surface area contributed by atoms with Gasteiger partial charge in [-0.2, -0.15) is 11.8 Å². The Labute approximate surface area is 111 Å². The lowest BCUT2D eigenvalue weighted by molar-refractivity contribution is 0.318. The van der Waals surface area contributed by atoms with Crippen LogP contribution in [0.1, 0.15) is 64.7 Å². The van der Waals surface area contributed by atoms with Gasteiger partial charge in [0.25, 0.3) is 0 Å². The van der Waals surface area contributed by atoms with Crippen molar-refractivity contribution >= 4 is 11.8 Å². The number of thioether (sulfide) groups is 1. The van der Waals surface area contributed by atoms with Gasteiger partial charge in [-0.15, -0.1) is 0 Å². The predicted molar refractivity (Wildman–Crippen MR) is 78.4 cm³/mol. The molecule has 0 heterocycles. The summed E-state index contributed by atoms with van der Waals surface area (Å²) in [6.07, 6.45) is 12.8. The highest BCUT2D eigenvalue weighted by Crippen LogP contribution is 2.34. The van der Waals surface area contributed by atoms with Gasteiger partial charge in [0, 0.05) is 17.0 Å². The van der Waals surface area contributed by atoms with E-state index in [1.54, 1.807) is 0 Å². The molecule has 0 amide bonds. The molecule has 2 aliphatic rings. The first-order chi connectivity index (χ1) is 8.25. The van der Waals surface area contributed by atoms with Crippen LogP contribution in [0, 0.1) is 11.8 Å². The zero-order valence-corrected chi connectivity index (χ0v) is 12.2. The van der Waals surface area contributed by atoms with Gasteiger partial charge in [-0.25, -0.2) is 0 Å². The molecule has 0 aromatic rings. The van der Waals surface area contributed by atoms with Gasteiger partial charge in [-0.3, -0.25) is 0 Å². The minimum Gasteiger partial charge on any atom is -0.327 e. The summed E-state index contributed by atoms with van der Waals surface area (Å²) in [5.41, 5.74) is 6.38. The monoisotopic (exact) mass is 255 g/mol. The van der Waals surface area contributed by atoms with Gasteiger partial charge < -0.3 is 5.73 Å². The molecule has 2 N–H and O–H groups in total. The fourth-order valence-electron chi connectivity index (χ4n) is 3.48. The van der Waals surface area contributed by atoms with E-state index in [-0.39, 0.29) is 0 Å². The largest absolute Gasteiger partial charge is 0.327 e. The first-order valence-corrected chi connectivity index (χ1v) is 8.67. The van der Waals surface area contributed by atoms with Crippen molar-refractivity contribution in [1.82, 2.24) is 0 Å². The number of rotatable bonds is 4. The molecule has 0 spiro atoms. The Morgan fingerprint density at radius 3 is 2.53 bits per heavy atom. The van der Waals surface area contributed by atoms with E-state index in [0.717, 1.165) is 17.1 Å². The van der Waals surface area contributed by atoms with Crippen molar-refractivity contribution in [2.24, 2.45) is 17.6 Å². The molecule has 3 unspecified atom stereocenters. The van der Waals surface area contributed by atoms with E-state index in [9.17, 15) is 0 Å². The Hall–Kier alpha value is 0.310. The molecule has 2 aliphatic carbocycles. The first-order valence-electron chi connectivity index (χ1n) is 7.63. The van der Waals surface area contributed by atoms with Crippen LogP contribution in [0.5, 0.6) is 0 Å². The molecule has 0 saturated heterocycles. The van der Waals surface area contributed by atoms with E-state index in [1.807, 2.05) is 0 Å². The van der Waals surface area contributed by atoms with Crippen molar-refractivity contribution in [1.29, 1.82) is 0 Å². The maximum Gasteiger partial charge on any atom is 0.0159 e. The van der Waals surface area contributed by atoms with Gasteiger partial charge in [0.1, 0.15) is 0 Å². The molecule has 100 valence electrons. The lowest BCUT2D eigenvalue weighted by Gasteiger charge is -2.30. The minimum absolute atomic E-state index is 0.470. The van der Waals surface area contributed by atoms with Crippen LogP contribution in [0.25, 0.3) is 0 Å². The average Bonchev–Trinajstić information content (AvgIpc) is 2.37. The Morgan fingerprint density at radius 2 is 1.82 bits per heavy atom. The minimum atomic E-state index is 0.470. The summed E-state index contributed by atoms with van der Waals surface area (Å²) >= 11 is 2.18. The zero-order valence-electron chi connectivity index (χ0n) is 11.4. The molecule has 3 atom stereocenters. The van der Waals surface area contributed by atoms with Crippen LogP contribution in [-0.2, 0) is 0 Å². The summed E-state index contributed by atoms with van der Waals surface area (Å²) in [5, 5.41) is 0.911. The molecule has 0 aromatic heterocycles. The molecular weight excluding hydrogens is 226 g/mol. The topological polar surface area (TPSA) is 26.0 Å².